The number of nitrogens with two attached hydrogens (primary N) is 1. The Morgan fingerprint density at radius 2 is 2.42 bits per heavy atom. The third-order valence-corrected chi connectivity index (χ3v) is 3.50. The van der Waals surface area contributed by atoms with E-state index in [0.717, 1.165) is 0 Å². The molecule has 0 spiro atoms. The number of amidine groups is 1. The number of halogens is 2. The maximum atomic E-state index is 13.8. The number of rotatable bonds is 3. The quantitative estimate of drug-likeness (QED) is 0.381. The second-order valence-corrected chi connectivity index (χ2v) is 5.27. The van der Waals surface area contributed by atoms with Gasteiger partial charge in [-0.05, 0) is 12.1 Å². The highest BCUT2D eigenvalue weighted by Gasteiger charge is 2.24. The largest absolute Gasteiger partial charge is 0.409 e. The summed E-state index contributed by atoms with van der Waals surface area (Å²) in [6.07, 6.45) is -0.447. The van der Waals surface area contributed by atoms with Gasteiger partial charge in [0.2, 0.25) is 0 Å². The molecule has 1 heterocycles. The molecule has 2 rings (SSSR count). The monoisotopic (exact) mass is 331 g/mol. The van der Waals surface area contributed by atoms with Crippen molar-refractivity contribution in [2.75, 3.05) is 19.7 Å². The van der Waals surface area contributed by atoms with Crippen molar-refractivity contribution in [3.63, 3.8) is 0 Å². The summed E-state index contributed by atoms with van der Waals surface area (Å²) < 4.78 is 19.9. The van der Waals surface area contributed by atoms with Crippen LogP contribution in [0.5, 0.6) is 0 Å². The van der Waals surface area contributed by atoms with Crippen LogP contribution in [-0.4, -0.2) is 41.7 Å². The van der Waals surface area contributed by atoms with E-state index in [1.807, 2.05) is 4.90 Å². The van der Waals surface area contributed by atoms with E-state index in [9.17, 15) is 4.39 Å². The lowest BCUT2D eigenvalue weighted by Crippen LogP contribution is -2.48. The molecule has 0 amide bonds. The number of oxime groups is 1. The Balaban J connectivity index is 2.02. The van der Waals surface area contributed by atoms with Gasteiger partial charge in [-0.3, -0.25) is 4.90 Å². The normalized spacial score (nSPS) is 21.6. The highest BCUT2D eigenvalue weighted by Crippen LogP contribution is 2.18. The zero-order valence-corrected chi connectivity index (χ0v) is 11.8. The van der Waals surface area contributed by atoms with Crippen LogP contribution in [0.4, 0.5) is 4.39 Å². The molecular weight excluding hydrogens is 317 g/mol. The Labute approximate surface area is 119 Å². The highest BCUT2D eigenvalue weighted by atomic mass is 79.9. The minimum atomic E-state index is -0.447. The van der Waals surface area contributed by atoms with Crippen LogP contribution in [0.15, 0.2) is 27.8 Å². The Morgan fingerprint density at radius 3 is 3.11 bits per heavy atom. The van der Waals surface area contributed by atoms with Crippen molar-refractivity contribution in [1.82, 2.24) is 4.90 Å². The lowest BCUT2D eigenvalue weighted by atomic mass is 10.1. The minimum Gasteiger partial charge on any atom is -0.409 e. The van der Waals surface area contributed by atoms with Crippen molar-refractivity contribution in [2.24, 2.45) is 10.9 Å². The molecule has 0 saturated carbocycles. The van der Waals surface area contributed by atoms with Crippen molar-refractivity contribution >= 4 is 21.8 Å². The lowest BCUT2D eigenvalue weighted by molar-refractivity contribution is 0.00105. The zero-order chi connectivity index (χ0) is 13.8. The molecule has 0 aromatic heterocycles. The molecule has 1 aliphatic heterocycles. The van der Waals surface area contributed by atoms with Crippen LogP contribution in [0.1, 0.15) is 5.56 Å². The molecular formula is C12H15BrFN3O2. The van der Waals surface area contributed by atoms with Gasteiger partial charge in [0, 0.05) is 29.7 Å². The molecule has 5 nitrogen and oxygen atoms in total. The van der Waals surface area contributed by atoms with Crippen LogP contribution in [0.2, 0.25) is 0 Å². The van der Waals surface area contributed by atoms with Crippen LogP contribution in [0, 0.1) is 5.82 Å². The van der Waals surface area contributed by atoms with Crippen molar-refractivity contribution in [1.29, 1.82) is 0 Å². The summed E-state index contributed by atoms with van der Waals surface area (Å²) in [6.45, 7) is 2.10. The predicted octanol–water partition coefficient (Wildman–Crippen LogP) is 1.54. The molecule has 1 aromatic rings. The molecule has 19 heavy (non-hydrogen) atoms. The molecule has 1 atom stereocenters. The van der Waals surface area contributed by atoms with Gasteiger partial charge in [0.05, 0.1) is 6.61 Å². The average molecular weight is 332 g/mol. The summed E-state index contributed by atoms with van der Waals surface area (Å²) in [5.74, 6) is -0.206. The molecule has 1 saturated heterocycles. The predicted molar refractivity (Wildman–Crippen MR) is 72.5 cm³/mol. The summed E-state index contributed by atoms with van der Waals surface area (Å²) in [6, 6.07) is 4.99. The first kappa shape index (κ1) is 14.2. The topological polar surface area (TPSA) is 71.1 Å². The SMILES string of the molecule is NC(=NO)C1CN(Cc2ccc(Br)cc2F)CCO1. The second-order valence-electron chi connectivity index (χ2n) is 4.36. The van der Waals surface area contributed by atoms with Gasteiger partial charge < -0.3 is 15.7 Å². The third kappa shape index (κ3) is 3.65. The average Bonchev–Trinajstić information content (AvgIpc) is 2.41. The zero-order valence-electron chi connectivity index (χ0n) is 10.2. The number of morpholine rings is 1. The van der Waals surface area contributed by atoms with Gasteiger partial charge in [0.1, 0.15) is 11.9 Å². The molecule has 7 heteroatoms. The summed E-state index contributed by atoms with van der Waals surface area (Å²) in [7, 11) is 0. The van der Waals surface area contributed by atoms with Crippen molar-refractivity contribution in [3.05, 3.63) is 34.1 Å². The smallest absolute Gasteiger partial charge is 0.169 e. The van der Waals surface area contributed by atoms with E-state index in [0.29, 0.717) is 36.3 Å². The van der Waals surface area contributed by atoms with E-state index >= 15 is 0 Å². The molecule has 1 aromatic carbocycles. The third-order valence-electron chi connectivity index (χ3n) is 3.00. The van der Waals surface area contributed by atoms with Gasteiger partial charge in [0.15, 0.2) is 5.84 Å². The fourth-order valence-electron chi connectivity index (χ4n) is 1.98. The Bertz CT molecular complexity index is 484. The standard InChI is InChI=1S/C12H15BrFN3O2/c13-9-2-1-8(10(14)5-9)6-17-3-4-19-11(7-17)12(15)16-18/h1-2,5,11,18H,3-4,6-7H2,(H2,15,16). The number of benzene rings is 1. The first-order valence-corrected chi connectivity index (χ1v) is 6.64. The maximum Gasteiger partial charge on any atom is 0.169 e. The van der Waals surface area contributed by atoms with Gasteiger partial charge in [-0.15, -0.1) is 0 Å². The lowest BCUT2D eigenvalue weighted by Gasteiger charge is -2.32. The van der Waals surface area contributed by atoms with E-state index < -0.39 is 6.10 Å². The van der Waals surface area contributed by atoms with Gasteiger partial charge >= 0.3 is 0 Å². The highest BCUT2D eigenvalue weighted by molar-refractivity contribution is 9.10. The van der Waals surface area contributed by atoms with E-state index in [2.05, 4.69) is 21.1 Å². The van der Waals surface area contributed by atoms with Crippen LogP contribution in [0.25, 0.3) is 0 Å². The first-order valence-electron chi connectivity index (χ1n) is 5.85. The number of nitrogens with zero attached hydrogens (tertiary/aromatic N) is 2. The number of ether oxygens (including phenoxy) is 1. The van der Waals surface area contributed by atoms with Crippen LogP contribution >= 0.6 is 15.9 Å². The van der Waals surface area contributed by atoms with E-state index in [1.165, 1.54) is 6.07 Å². The van der Waals surface area contributed by atoms with Crippen LogP contribution in [0.3, 0.4) is 0 Å². The molecule has 104 valence electrons. The summed E-state index contributed by atoms with van der Waals surface area (Å²) in [5, 5.41) is 11.6. The Hall–Kier alpha value is -1.18. The molecule has 0 bridgehead atoms. The number of hydrogen-bond acceptors (Lipinski definition) is 4. The van der Waals surface area contributed by atoms with E-state index in [1.54, 1.807) is 12.1 Å². The van der Waals surface area contributed by atoms with Crippen molar-refractivity contribution in [3.8, 4) is 0 Å². The van der Waals surface area contributed by atoms with Crippen LogP contribution < -0.4 is 5.73 Å². The first-order chi connectivity index (χ1) is 9.10. The fourth-order valence-corrected chi connectivity index (χ4v) is 2.31. The molecule has 1 unspecified atom stereocenters. The molecule has 1 fully saturated rings. The Kier molecular flexibility index (Phi) is 4.73. The van der Waals surface area contributed by atoms with Gasteiger partial charge in [-0.25, -0.2) is 4.39 Å². The molecule has 0 aliphatic carbocycles. The second kappa shape index (κ2) is 6.31. The van der Waals surface area contributed by atoms with Crippen LogP contribution in [-0.2, 0) is 11.3 Å². The van der Waals surface area contributed by atoms with Gasteiger partial charge in [0.25, 0.3) is 0 Å². The molecule has 1 aliphatic rings. The number of hydrogen-bond donors (Lipinski definition) is 2. The maximum absolute atomic E-state index is 13.8. The Morgan fingerprint density at radius 1 is 1.63 bits per heavy atom. The molecule has 0 radical (unpaired) electrons. The van der Waals surface area contributed by atoms with Crippen molar-refractivity contribution < 1.29 is 14.3 Å². The summed E-state index contributed by atoms with van der Waals surface area (Å²) >= 11 is 3.23. The van der Waals surface area contributed by atoms with Gasteiger partial charge in [-0.2, -0.15) is 0 Å². The van der Waals surface area contributed by atoms with E-state index in [4.69, 9.17) is 15.7 Å². The van der Waals surface area contributed by atoms with E-state index in [-0.39, 0.29) is 11.7 Å². The minimum absolute atomic E-state index is 0.0426. The summed E-state index contributed by atoms with van der Waals surface area (Å²) in [4.78, 5) is 2.01. The molecule has 3 N–H and O–H groups in total. The fraction of sp³-hybridized carbons (Fsp3) is 0.417. The van der Waals surface area contributed by atoms with Crippen molar-refractivity contribution in [2.45, 2.75) is 12.6 Å². The van der Waals surface area contributed by atoms with Gasteiger partial charge in [-0.1, -0.05) is 27.2 Å². The summed E-state index contributed by atoms with van der Waals surface area (Å²) in [5.41, 5.74) is 6.14.